The van der Waals surface area contributed by atoms with E-state index in [1.807, 2.05) is 0 Å². The maximum Gasteiger partial charge on any atom is 0.0538 e. The highest BCUT2D eigenvalue weighted by molar-refractivity contribution is 5.99. The van der Waals surface area contributed by atoms with E-state index in [1.165, 1.54) is 145 Å². The van der Waals surface area contributed by atoms with Crippen LogP contribution in [0.25, 0.3) is 66.8 Å². The van der Waals surface area contributed by atoms with Crippen LogP contribution in [0.4, 0.5) is 34.1 Å². The summed E-state index contributed by atoms with van der Waals surface area (Å²) >= 11 is 0. The van der Waals surface area contributed by atoms with Crippen molar-refractivity contribution in [2.24, 2.45) is 0 Å². The lowest BCUT2D eigenvalue weighted by molar-refractivity contribution is 0.983. The Morgan fingerprint density at radius 3 is 0.889 bits per heavy atom. The summed E-state index contributed by atoms with van der Waals surface area (Å²) in [6, 6.07) is 90.8. The Hall–Kier alpha value is -8.98. The van der Waals surface area contributed by atoms with E-state index in [0.29, 0.717) is 0 Å². The SMILES string of the molecule is c1ccc(-c2cc(-c3ccccc3)cc(-c3ccc4c5c3Cc3ccccc3N5c3cc5c(cc3C4)N3c4ccccc4Cc4c(-c6cc(-c7ccccc7)cc(-c7ccccc7)c6)ccc(c43)C5)c2)cc1. The molecule has 338 valence electrons. The second kappa shape index (κ2) is 16.3. The van der Waals surface area contributed by atoms with Crippen molar-refractivity contribution in [2.45, 2.75) is 25.7 Å². The molecule has 15 rings (SSSR count). The highest BCUT2D eigenvalue weighted by Crippen LogP contribution is 2.58. The summed E-state index contributed by atoms with van der Waals surface area (Å²) in [5.74, 6) is 0. The number of benzene rings is 11. The van der Waals surface area contributed by atoms with Crippen molar-refractivity contribution in [1.82, 2.24) is 0 Å². The fourth-order valence-electron chi connectivity index (χ4n) is 12.5. The topological polar surface area (TPSA) is 6.48 Å². The Morgan fingerprint density at radius 2 is 0.528 bits per heavy atom. The van der Waals surface area contributed by atoms with Gasteiger partial charge in [-0.05, 0) is 172 Å². The number of fused-ring (bicyclic) bond motifs is 8. The molecule has 4 aliphatic heterocycles. The highest BCUT2D eigenvalue weighted by Gasteiger charge is 2.38. The average Bonchev–Trinajstić information content (AvgIpc) is 3.45. The fraction of sp³-hybridized carbons (Fsp3) is 0.0571. The zero-order chi connectivity index (χ0) is 47.3. The maximum absolute atomic E-state index is 2.63. The van der Waals surface area contributed by atoms with Crippen molar-refractivity contribution >= 4 is 34.1 Å². The summed E-state index contributed by atoms with van der Waals surface area (Å²) in [5.41, 5.74) is 33.8. The van der Waals surface area contributed by atoms with Gasteiger partial charge in [0.2, 0.25) is 0 Å². The quantitative estimate of drug-likeness (QED) is 0.164. The molecule has 0 saturated carbocycles. The van der Waals surface area contributed by atoms with Crippen LogP contribution in [0.5, 0.6) is 0 Å². The summed E-state index contributed by atoms with van der Waals surface area (Å²) < 4.78 is 0. The van der Waals surface area contributed by atoms with Gasteiger partial charge in [0, 0.05) is 37.1 Å². The number of para-hydroxylation sites is 2. The molecular formula is C70H48N2. The molecule has 0 atom stereocenters. The summed E-state index contributed by atoms with van der Waals surface area (Å²) in [4.78, 5) is 5.26. The first kappa shape index (κ1) is 40.9. The van der Waals surface area contributed by atoms with Gasteiger partial charge in [-0.1, -0.05) is 182 Å². The van der Waals surface area contributed by atoms with E-state index in [2.05, 4.69) is 252 Å². The predicted molar refractivity (Wildman–Crippen MR) is 300 cm³/mol. The Bertz CT molecular complexity index is 3590. The molecule has 4 heterocycles. The molecule has 72 heavy (non-hydrogen) atoms. The van der Waals surface area contributed by atoms with Crippen LogP contribution in [0.15, 0.2) is 243 Å². The monoisotopic (exact) mass is 916 g/mol. The van der Waals surface area contributed by atoms with E-state index < -0.39 is 0 Å². The standard InChI is InChI=1S/C70H48N2/c1-5-17-45(18-6-1)53-35-54(46-19-7-2-8-20-46)38-57(37-53)61-31-29-51-33-59-44-68-60(43-67(59)71-65-27-15-13-25-49(65)41-63(61)69(51)71)34-52-30-32-62(64-42-50-26-14-16-28-66(50)72(68)70(52)64)58-39-55(47-21-9-3-10-22-47)36-56(40-58)48-23-11-4-12-24-48/h1-32,35-40,43-44H,33-34,41-42H2. The Kier molecular flexibility index (Phi) is 9.25. The Labute approximate surface area is 421 Å². The molecule has 2 nitrogen and oxygen atoms in total. The van der Waals surface area contributed by atoms with Gasteiger partial charge in [-0.25, -0.2) is 0 Å². The lowest BCUT2D eigenvalue weighted by Gasteiger charge is -2.43. The lowest BCUT2D eigenvalue weighted by atomic mass is 9.79. The Balaban J connectivity index is 0.890. The molecule has 0 amide bonds. The third-order valence-electron chi connectivity index (χ3n) is 15.8. The van der Waals surface area contributed by atoms with Gasteiger partial charge in [0.15, 0.2) is 0 Å². The largest absolute Gasteiger partial charge is 0.309 e. The molecule has 0 radical (unpaired) electrons. The average molecular weight is 917 g/mol. The molecule has 2 heteroatoms. The predicted octanol–water partition coefficient (Wildman–Crippen LogP) is 18.2. The van der Waals surface area contributed by atoms with Gasteiger partial charge in [-0.3, -0.25) is 0 Å². The van der Waals surface area contributed by atoms with E-state index >= 15 is 0 Å². The third kappa shape index (κ3) is 6.56. The van der Waals surface area contributed by atoms with Crippen molar-refractivity contribution in [2.75, 3.05) is 9.80 Å². The molecule has 0 aromatic heterocycles. The van der Waals surface area contributed by atoms with Gasteiger partial charge < -0.3 is 9.80 Å². The van der Waals surface area contributed by atoms with Gasteiger partial charge in [-0.2, -0.15) is 0 Å². The van der Waals surface area contributed by atoms with Gasteiger partial charge in [0.1, 0.15) is 0 Å². The molecule has 4 aliphatic rings. The van der Waals surface area contributed by atoms with E-state index in [-0.39, 0.29) is 0 Å². The van der Waals surface area contributed by atoms with Crippen LogP contribution in [0.2, 0.25) is 0 Å². The number of hydrogen-bond acceptors (Lipinski definition) is 2. The van der Waals surface area contributed by atoms with Crippen LogP contribution in [-0.2, 0) is 25.7 Å². The first-order valence-corrected chi connectivity index (χ1v) is 25.4. The minimum absolute atomic E-state index is 0.868. The highest BCUT2D eigenvalue weighted by atomic mass is 15.2. The normalized spacial score (nSPS) is 13.3. The Morgan fingerprint density at radius 1 is 0.208 bits per heavy atom. The number of hydrogen-bond donors (Lipinski definition) is 0. The van der Waals surface area contributed by atoms with Crippen LogP contribution in [-0.4, -0.2) is 0 Å². The van der Waals surface area contributed by atoms with Crippen LogP contribution in [0.3, 0.4) is 0 Å². The van der Waals surface area contributed by atoms with Crippen molar-refractivity contribution in [3.63, 3.8) is 0 Å². The number of anilines is 6. The van der Waals surface area contributed by atoms with Crippen molar-refractivity contribution < 1.29 is 0 Å². The van der Waals surface area contributed by atoms with E-state index in [0.717, 1.165) is 25.7 Å². The zero-order valence-corrected chi connectivity index (χ0v) is 39.8. The smallest absolute Gasteiger partial charge is 0.0538 e. The minimum Gasteiger partial charge on any atom is -0.309 e. The molecule has 0 N–H and O–H groups in total. The molecule has 0 unspecified atom stereocenters. The van der Waals surface area contributed by atoms with Gasteiger partial charge in [0.25, 0.3) is 0 Å². The molecule has 11 aromatic rings. The van der Waals surface area contributed by atoms with Crippen LogP contribution in [0.1, 0.15) is 44.5 Å². The fourth-order valence-corrected chi connectivity index (χ4v) is 12.5. The van der Waals surface area contributed by atoms with Gasteiger partial charge in [0.05, 0.1) is 22.7 Å². The van der Waals surface area contributed by atoms with Gasteiger partial charge in [-0.15, -0.1) is 0 Å². The first-order chi connectivity index (χ1) is 35.7. The zero-order valence-electron chi connectivity index (χ0n) is 39.8. The molecule has 0 aliphatic carbocycles. The van der Waals surface area contributed by atoms with E-state index in [1.54, 1.807) is 0 Å². The maximum atomic E-state index is 2.63. The minimum atomic E-state index is 0.868. The van der Waals surface area contributed by atoms with Crippen molar-refractivity contribution in [1.29, 1.82) is 0 Å². The summed E-state index contributed by atoms with van der Waals surface area (Å²) in [6.45, 7) is 0. The molecule has 0 saturated heterocycles. The van der Waals surface area contributed by atoms with Crippen molar-refractivity contribution in [3.8, 4) is 66.8 Å². The number of rotatable bonds is 6. The summed E-state index contributed by atoms with van der Waals surface area (Å²) in [7, 11) is 0. The van der Waals surface area contributed by atoms with Crippen LogP contribution < -0.4 is 9.80 Å². The summed E-state index contributed by atoms with van der Waals surface area (Å²) in [5, 5.41) is 0. The van der Waals surface area contributed by atoms with E-state index in [4.69, 9.17) is 0 Å². The molecule has 0 fully saturated rings. The molecule has 0 bridgehead atoms. The third-order valence-corrected chi connectivity index (χ3v) is 15.8. The van der Waals surface area contributed by atoms with Crippen LogP contribution in [0, 0.1) is 0 Å². The summed E-state index contributed by atoms with van der Waals surface area (Å²) in [6.07, 6.45) is 3.50. The second-order valence-corrected chi connectivity index (χ2v) is 20.0. The molecule has 0 spiro atoms. The van der Waals surface area contributed by atoms with Crippen molar-refractivity contribution in [3.05, 3.63) is 287 Å². The first-order valence-electron chi connectivity index (χ1n) is 25.4. The number of nitrogens with zero attached hydrogens (tertiary/aromatic N) is 2. The van der Waals surface area contributed by atoms with Gasteiger partial charge >= 0.3 is 0 Å². The molecule has 11 aromatic carbocycles. The lowest BCUT2D eigenvalue weighted by Crippen LogP contribution is -2.28. The van der Waals surface area contributed by atoms with Crippen LogP contribution >= 0.6 is 0 Å². The second-order valence-electron chi connectivity index (χ2n) is 20.0. The van der Waals surface area contributed by atoms with E-state index in [9.17, 15) is 0 Å². The molecular weight excluding hydrogens is 869 g/mol.